The molecular formula is C26H42O5Si. The third kappa shape index (κ3) is 5.90. The fraction of sp³-hybridized carbons (Fsp3) is 0.692. The molecule has 0 aromatic heterocycles. The topological polar surface area (TPSA) is 57.2 Å². The van der Waals surface area contributed by atoms with E-state index in [1.54, 1.807) is 0 Å². The van der Waals surface area contributed by atoms with E-state index in [-0.39, 0.29) is 30.5 Å². The van der Waals surface area contributed by atoms with E-state index in [2.05, 4.69) is 65.1 Å². The number of ether oxygens (including phenoxy) is 3. The quantitative estimate of drug-likeness (QED) is 0.205. The van der Waals surface area contributed by atoms with Gasteiger partial charge in [-0.15, -0.1) is 0 Å². The van der Waals surface area contributed by atoms with Gasteiger partial charge in [0.05, 0.1) is 24.9 Å². The second-order valence-electron chi connectivity index (χ2n) is 11.1. The number of fused-ring (bicyclic) bond motifs is 2. The van der Waals surface area contributed by atoms with Crippen LogP contribution in [0.3, 0.4) is 0 Å². The van der Waals surface area contributed by atoms with Gasteiger partial charge in [-0.05, 0) is 36.0 Å². The number of aliphatic hydroxyl groups is 1. The van der Waals surface area contributed by atoms with Crippen molar-refractivity contribution in [2.45, 2.75) is 89.0 Å². The molecule has 4 atom stereocenters. The van der Waals surface area contributed by atoms with Crippen molar-refractivity contribution in [3.05, 3.63) is 48.0 Å². The van der Waals surface area contributed by atoms with Crippen molar-refractivity contribution in [1.29, 1.82) is 0 Å². The van der Waals surface area contributed by atoms with Crippen LogP contribution in [0.2, 0.25) is 18.1 Å². The zero-order valence-corrected chi connectivity index (χ0v) is 21.7. The fourth-order valence-electron chi connectivity index (χ4n) is 4.33. The van der Waals surface area contributed by atoms with Gasteiger partial charge in [0.25, 0.3) is 0 Å². The number of aliphatic hydroxyl groups excluding tert-OH is 1. The van der Waals surface area contributed by atoms with Gasteiger partial charge in [-0.25, -0.2) is 0 Å². The molecule has 0 amide bonds. The average molecular weight is 463 g/mol. The van der Waals surface area contributed by atoms with E-state index in [4.69, 9.17) is 18.6 Å². The molecule has 0 aliphatic carbocycles. The van der Waals surface area contributed by atoms with Crippen LogP contribution in [-0.2, 0) is 25.2 Å². The molecule has 0 spiro atoms. The molecule has 180 valence electrons. The van der Waals surface area contributed by atoms with Crippen molar-refractivity contribution in [2.75, 3.05) is 20.0 Å². The Balaban J connectivity index is 1.65. The smallest absolute Gasteiger partial charge is 0.192 e. The minimum atomic E-state index is -1.91. The van der Waals surface area contributed by atoms with Crippen LogP contribution in [0.1, 0.15) is 52.5 Å². The van der Waals surface area contributed by atoms with Crippen LogP contribution in [0.4, 0.5) is 0 Å². The first-order chi connectivity index (χ1) is 15.0. The van der Waals surface area contributed by atoms with E-state index in [1.165, 1.54) is 0 Å². The Morgan fingerprint density at radius 1 is 1.16 bits per heavy atom. The summed E-state index contributed by atoms with van der Waals surface area (Å²) in [7, 11) is -1.91. The Kier molecular flexibility index (Phi) is 8.06. The predicted octanol–water partition coefficient (Wildman–Crippen LogP) is 5.44. The van der Waals surface area contributed by atoms with Crippen LogP contribution in [0.15, 0.2) is 42.5 Å². The normalized spacial score (nSPS) is 28.8. The molecular weight excluding hydrogens is 420 g/mol. The van der Waals surface area contributed by atoms with E-state index < -0.39 is 19.5 Å². The SMILES string of the molecule is C[C@H](CCO)[C@@]12C=C[C@@](CO[Si](C)(C)C(C)(C)C)(C[C@@H](OCOCc3ccccc3)C1)O2. The molecule has 2 bridgehead atoms. The largest absolute Gasteiger partial charge is 0.414 e. The minimum absolute atomic E-state index is 0.0127. The van der Waals surface area contributed by atoms with Crippen molar-refractivity contribution in [2.24, 2.45) is 5.92 Å². The second kappa shape index (κ2) is 10.1. The maximum atomic E-state index is 9.55. The third-order valence-corrected chi connectivity index (χ3v) is 12.0. The van der Waals surface area contributed by atoms with Crippen molar-refractivity contribution in [3.63, 3.8) is 0 Å². The van der Waals surface area contributed by atoms with Gasteiger partial charge in [0.15, 0.2) is 8.32 Å². The highest BCUT2D eigenvalue weighted by Crippen LogP contribution is 2.49. The Hall–Kier alpha value is -1.02. The van der Waals surface area contributed by atoms with Crippen LogP contribution in [0.25, 0.3) is 0 Å². The average Bonchev–Trinajstić information content (AvgIpc) is 3.02. The van der Waals surface area contributed by atoms with Crippen LogP contribution in [0, 0.1) is 5.92 Å². The number of hydrogen-bond donors (Lipinski definition) is 1. The third-order valence-electron chi connectivity index (χ3n) is 7.56. The summed E-state index contributed by atoms with van der Waals surface area (Å²) in [5.74, 6) is 0.190. The molecule has 2 aliphatic heterocycles. The number of rotatable bonds is 11. The fourth-order valence-corrected chi connectivity index (χ4v) is 5.37. The highest BCUT2D eigenvalue weighted by molar-refractivity contribution is 6.74. The molecule has 1 aromatic carbocycles. The van der Waals surface area contributed by atoms with E-state index in [0.29, 0.717) is 19.6 Å². The summed E-state index contributed by atoms with van der Waals surface area (Å²) in [5, 5.41) is 9.69. The molecule has 3 rings (SSSR count). The molecule has 1 N–H and O–H groups in total. The summed E-state index contributed by atoms with van der Waals surface area (Å²) in [6, 6.07) is 10.1. The molecule has 1 fully saturated rings. The van der Waals surface area contributed by atoms with Gasteiger partial charge in [0.1, 0.15) is 12.4 Å². The Morgan fingerprint density at radius 2 is 1.88 bits per heavy atom. The Morgan fingerprint density at radius 3 is 2.53 bits per heavy atom. The lowest BCUT2D eigenvalue weighted by Crippen LogP contribution is -2.54. The summed E-state index contributed by atoms with van der Waals surface area (Å²) in [5.41, 5.74) is 0.223. The van der Waals surface area contributed by atoms with Gasteiger partial charge in [-0.3, -0.25) is 0 Å². The zero-order chi connectivity index (χ0) is 23.5. The molecule has 1 saturated heterocycles. The maximum absolute atomic E-state index is 9.55. The van der Waals surface area contributed by atoms with Gasteiger partial charge >= 0.3 is 0 Å². The van der Waals surface area contributed by atoms with Crippen molar-refractivity contribution < 1.29 is 23.7 Å². The second-order valence-corrected chi connectivity index (χ2v) is 15.9. The lowest BCUT2D eigenvalue weighted by molar-refractivity contribution is -0.216. The minimum Gasteiger partial charge on any atom is -0.414 e. The zero-order valence-electron chi connectivity index (χ0n) is 20.7. The van der Waals surface area contributed by atoms with Crippen LogP contribution in [0.5, 0.6) is 0 Å². The van der Waals surface area contributed by atoms with E-state index in [0.717, 1.165) is 18.4 Å². The maximum Gasteiger partial charge on any atom is 0.192 e. The lowest BCUT2D eigenvalue weighted by Gasteiger charge is -2.48. The van der Waals surface area contributed by atoms with E-state index >= 15 is 0 Å². The molecule has 6 heteroatoms. The Labute approximate surface area is 195 Å². The van der Waals surface area contributed by atoms with E-state index in [1.807, 2.05) is 18.2 Å². The summed E-state index contributed by atoms with van der Waals surface area (Å²) in [6.45, 7) is 15.0. The molecule has 0 unspecified atom stereocenters. The lowest BCUT2D eigenvalue weighted by atomic mass is 9.80. The summed E-state index contributed by atoms with van der Waals surface area (Å²) in [4.78, 5) is 0. The first-order valence-electron chi connectivity index (χ1n) is 11.9. The van der Waals surface area contributed by atoms with E-state index in [9.17, 15) is 5.11 Å². The molecule has 0 radical (unpaired) electrons. The van der Waals surface area contributed by atoms with Gasteiger partial charge < -0.3 is 23.7 Å². The van der Waals surface area contributed by atoms with Gasteiger partial charge in [0, 0.05) is 19.4 Å². The van der Waals surface area contributed by atoms with Crippen LogP contribution < -0.4 is 0 Å². The first kappa shape index (κ1) is 25.6. The molecule has 2 aliphatic rings. The van der Waals surface area contributed by atoms with Gasteiger partial charge in [0.2, 0.25) is 0 Å². The molecule has 2 heterocycles. The standard InChI is InChI=1S/C26H42O5Si/c1-21(12-15-27)26-14-13-25(31-26,19-30-32(5,6)24(2,3)4)16-23(17-26)29-20-28-18-22-10-8-7-9-11-22/h7-11,13-14,21,23,27H,12,15-20H2,1-6H3/t21-,23-,25+,26-/m1/s1. The van der Waals surface area contributed by atoms with Crippen LogP contribution >= 0.6 is 0 Å². The van der Waals surface area contributed by atoms with Gasteiger partial charge in [-0.2, -0.15) is 0 Å². The van der Waals surface area contributed by atoms with Gasteiger partial charge in [-0.1, -0.05) is 70.2 Å². The monoisotopic (exact) mass is 462 g/mol. The van der Waals surface area contributed by atoms with Crippen molar-refractivity contribution in [1.82, 2.24) is 0 Å². The predicted molar refractivity (Wildman–Crippen MR) is 130 cm³/mol. The van der Waals surface area contributed by atoms with Crippen molar-refractivity contribution in [3.8, 4) is 0 Å². The number of benzene rings is 1. The summed E-state index contributed by atoms with van der Waals surface area (Å²) < 4.78 is 25.4. The highest BCUT2D eigenvalue weighted by Gasteiger charge is 2.55. The molecule has 32 heavy (non-hydrogen) atoms. The number of hydrogen-bond acceptors (Lipinski definition) is 5. The van der Waals surface area contributed by atoms with Crippen LogP contribution in [-0.4, -0.2) is 50.7 Å². The molecule has 0 saturated carbocycles. The first-order valence-corrected chi connectivity index (χ1v) is 14.8. The Bertz CT molecular complexity index is 759. The molecule has 1 aromatic rings. The summed E-state index contributed by atoms with van der Waals surface area (Å²) >= 11 is 0. The summed E-state index contributed by atoms with van der Waals surface area (Å²) in [6.07, 6.45) is 6.62. The highest BCUT2D eigenvalue weighted by atomic mass is 28.4. The molecule has 5 nitrogen and oxygen atoms in total. The van der Waals surface area contributed by atoms with Crippen molar-refractivity contribution >= 4 is 8.32 Å².